The van der Waals surface area contributed by atoms with Crippen molar-refractivity contribution in [1.29, 1.82) is 0 Å². The zero-order valence-corrected chi connectivity index (χ0v) is 11.2. The number of alkyl halides is 1. The molecule has 0 aromatic heterocycles. The second-order valence-electron chi connectivity index (χ2n) is 3.74. The van der Waals surface area contributed by atoms with Gasteiger partial charge in [0, 0.05) is 0 Å². The molecule has 0 bridgehead atoms. The number of hydrogen-bond acceptors (Lipinski definition) is 4. The van der Waals surface area contributed by atoms with Crippen LogP contribution in [0.4, 0.5) is 0 Å². The summed E-state index contributed by atoms with van der Waals surface area (Å²) in [6.07, 6.45) is 3.81. The molecule has 1 heterocycles. The first-order valence-corrected chi connectivity index (χ1v) is 7.16. The van der Waals surface area contributed by atoms with Gasteiger partial charge in [-0.3, -0.25) is 0 Å². The summed E-state index contributed by atoms with van der Waals surface area (Å²) < 4.78 is -0.610. The molecule has 0 aromatic carbocycles. The Morgan fingerprint density at radius 1 is 1.67 bits per heavy atom. The van der Waals surface area contributed by atoms with Gasteiger partial charge in [0.15, 0.2) is 0 Å². The van der Waals surface area contributed by atoms with E-state index in [-0.39, 0.29) is 9.97 Å². The number of halogens is 1. The third kappa shape index (κ3) is 4.56. The summed E-state index contributed by atoms with van der Waals surface area (Å²) in [5.41, 5.74) is 0.957. The molecule has 3 atom stereocenters. The summed E-state index contributed by atoms with van der Waals surface area (Å²) in [4.78, 5) is 4.18. The maximum absolute atomic E-state index is 10.7. The number of hydrogen-bond donors (Lipinski definition) is 3. The minimum atomic E-state index is -0.887. The topological polar surface area (TPSA) is 72.1 Å². The molecule has 3 N–H and O–H groups in total. The standard InChI is InChI=1S/C9H17IN3O2/c1-6(2)12-9-4-7(3)11-5-8(9)10-13(14)15/h4-6,8-9,12-14H,1-3H3/q-1. The van der Waals surface area contributed by atoms with E-state index >= 15 is 0 Å². The van der Waals surface area contributed by atoms with Gasteiger partial charge < -0.3 is 0 Å². The number of aliphatic imine (C=N–C) groups is 1. The van der Waals surface area contributed by atoms with Crippen LogP contribution in [0.3, 0.4) is 0 Å². The van der Waals surface area contributed by atoms with E-state index in [1.165, 1.54) is 0 Å². The molecule has 0 aliphatic carbocycles. The van der Waals surface area contributed by atoms with Gasteiger partial charge >= 0.3 is 100 Å². The van der Waals surface area contributed by atoms with Crippen LogP contribution in [-0.2, 0) is 0 Å². The molecule has 6 heteroatoms. The molecule has 15 heavy (non-hydrogen) atoms. The Morgan fingerprint density at radius 3 is 2.87 bits per heavy atom. The van der Waals surface area contributed by atoms with Gasteiger partial charge in [0.05, 0.1) is 0 Å². The Balaban J connectivity index is 2.64. The maximum atomic E-state index is 10.7. The van der Waals surface area contributed by atoms with Crippen molar-refractivity contribution >= 4 is 6.21 Å². The van der Waals surface area contributed by atoms with Crippen LogP contribution in [0.2, 0.25) is 0 Å². The van der Waals surface area contributed by atoms with Gasteiger partial charge in [0.2, 0.25) is 0 Å². The molecule has 0 radical (unpaired) electrons. The van der Waals surface area contributed by atoms with Crippen molar-refractivity contribution < 1.29 is 30.1 Å². The summed E-state index contributed by atoms with van der Waals surface area (Å²) in [5, 5.41) is 22.9. The molecule has 88 valence electrons. The molecule has 1 aliphatic heterocycles. The van der Waals surface area contributed by atoms with Gasteiger partial charge in [0.1, 0.15) is 0 Å². The van der Waals surface area contributed by atoms with Crippen LogP contribution in [0, 0.1) is 5.21 Å². The number of nitrogens with one attached hydrogen (secondary N) is 2. The van der Waals surface area contributed by atoms with E-state index < -0.39 is 24.9 Å². The Morgan fingerprint density at radius 2 is 2.33 bits per heavy atom. The average Bonchev–Trinajstić information content (AvgIpc) is 2.08. The third-order valence-corrected chi connectivity index (χ3v) is 4.28. The monoisotopic (exact) mass is 326 g/mol. The molecular weight excluding hydrogens is 309 g/mol. The molecule has 0 fully saturated rings. The third-order valence-electron chi connectivity index (χ3n) is 1.93. The molecule has 0 aromatic rings. The van der Waals surface area contributed by atoms with Gasteiger partial charge in [-0.1, -0.05) is 0 Å². The molecular formula is C9H17IN3O2-. The molecule has 0 saturated carbocycles. The summed E-state index contributed by atoms with van der Waals surface area (Å²) in [7, 11) is 0. The second kappa shape index (κ2) is 5.90. The van der Waals surface area contributed by atoms with Crippen LogP contribution < -0.4 is 30.2 Å². The fourth-order valence-corrected chi connectivity index (χ4v) is 3.14. The van der Waals surface area contributed by atoms with E-state index in [1.807, 2.05) is 13.0 Å². The van der Waals surface area contributed by atoms with Gasteiger partial charge in [-0.2, -0.15) is 0 Å². The summed E-state index contributed by atoms with van der Waals surface area (Å²) in [6.45, 7) is 6.05. The van der Waals surface area contributed by atoms with Crippen LogP contribution in [-0.4, -0.2) is 27.4 Å². The van der Waals surface area contributed by atoms with Crippen molar-refractivity contribution in [2.45, 2.75) is 36.8 Å². The van der Waals surface area contributed by atoms with Crippen LogP contribution in [0.5, 0.6) is 0 Å². The Bertz CT molecular complexity index is 266. The van der Waals surface area contributed by atoms with Crippen LogP contribution in [0.15, 0.2) is 16.8 Å². The van der Waals surface area contributed by atoms with Crippen LogP contribution >= 0.6 is 0 Å². The van der Waals surface area contributed by atoms with Crippen LogP contribution in [0.1, 0.15) is 20.8 Å². The molecule has 0 saturated heterocycles. The molecule has 0 amide bonds. The van der Waals surface area contributed by atoms with E-state index in [0.717, 1.165) is 5.70 Å². The van der Waals surface area contributed by atoms with Crippen molar-refractivity contribution in [3.8, 4) is 0 Å². The molecule has 5 nitrogen and oxygen atoms in total. The Kier molecular flexibility index (Phi) is 5.13. The average molecular weight is 326 g/mol. The van der Waals surface area contributed by atoms with E-state index in [2.05, 4.69) is 24.2 Å². The normalized spacial score (nSPS) is 28.3. The molecule has 1 aliphatic rings. The van der Waals surface area contributed by atoms with E-state index in [4.69, 9.17) is 5.21 Å². The minimum absolute atomic E-state index is 0.0624. The van der Waals surface area contributed by atoms with Crippen molar-refractivity contribution in [1.82, 2.24) is 5.32 Å². The number of allylic oxidation sites excluding steroid dienone is 1. The van der Waals surface area contributed by atoms with Crippen molar-refractivity contribution in [3.05, 3.63) is 17.0 Å². The summed E-state index contributed by atoms with van der Waals surface area (Å²) >= 11 is -0.887. The Hall–Kier alpha value is -0.0200. The van der Waals surface area contributed by atoms with Crippen molar-refractivity contribution in [3.63, 3.8) is 0 Å². The van der Waals surface area contributed by atoms with Crippen LogP contribution in [0.25, 0.3) is 0 Å². The molecule has 0 spiro atoms. The van der Waals surface area contributed by atoms with Crippen molar-refractivity contribution in [2.75, 3.05) is 0 Å². The fraction of sp³-hybridized carbons (Fsp3) is 0.667. The molecule has 1 rings (SSSR count). The van der Waals surface area contributed by atoms with E-state index in [1.54, 1.807) is 6.21 Å². The predicted molar refractivity (Wildman–Crippen MR) is 54.2 cm³/mol. The van der Waals surface area contributed by atoms with E-state index in [0.29, 0.717) is 6.04 Å². The molecule has 3 unspecified atom stereocenters. The van der Waals surface area contributed by atoms with E-state index in [9.17, 15) is 5.21 Å². The zero-order valence-electron chi connectivity index (χ0n) is 9.07. The first-order valence-electron chi connectivity index (χ1n) is 4.84. The Labute approximate surface area is 100 Å². The van der Waals surface area contributed by atoms with Gasteiger partial charge in [0.25, 0.3) is 0 Å². The summed E-state index contributed by atoms with van der Waals surface area (Å²) in [5.74, 6) is 0. The first-order chi connectivity index (χ1) is 6.99. The number of nitrogens with zero attached hydrogens (tertiary/aromatic N) is 1. The van der Waals surface area contributed by atoms with Gasteiger partial charge in [-0.15, -0.1) is 0 Å². The van der Waals surface area contributed by atoms with Crippen molar-refractivity contribution in [2.24, 2.45) is 4.99 Å². The van der Waals surface area contributed by atoms with Gasteiger partial charge in [-0.05, 0) is 0 Å². The predicted octanol–water partition coefficient (Wildman–Crippen LogP) is -3.51. The second-order valence-corrected chi connectivity index (χ2v) is 6.72. The first kappa shape index (κ1) is 13.0. The quantitative estimate of drug-likeness (QED) is 0.217. The number of quaternary nitrogens is 1. The summed E-state index contributed by atoms with van der Waals surface area (Å²) in [6, 6.07) is 0.484. The number of rotatable bonds is 4. The van der Waals surface area contributed by atoms with Gasteiger partial charge in [-0.25, -0.2) is 0 Å². The fourth-order valence-electron chi connectivity index (χ4n) is 1.41. The zero-order chi connectivity index (χ0) is 11.4. The SMILES string of the molecule is CC1=CC(NC(C)C)C([I-][NH+]([O-])O)C=N1.